The maximum Gasteiger partial charge on any atom is 0.282 e. The Kier molecular flexibility index (Phi) is 6.13. The molecule has 0 spiro atoms. The van der Waals surface area contributed by atoms with Gasteiger partial charge in [-0.25, -0.2) is 0 Å². The zero-order valence-electron chi connectivity index (χ0n) is 20.7. The molecule has 3 aromatic heterocycles. The molecule has 0 aliphatic heterocycles. The maximum atomic E-state index is 13.8. The number of fused-ring (bicyclic) bond motifs is 2. The lowest BCUT2D eigenvalue weighted by molar-refractivity contribution is 0.0878. The van der Waals surface area contributed by atoms with Crippen LogP contribution >= 0.6 is 0 Å². The lowest BCUT2D eigenvalue weighted by Crippen LogP contribution is -2.25. The highest BCUT2D eigenvalue weighted by atomic mass is 28.3. The van der Waals surface area contributed by atoms with E-state index < -0.39 is 8.07 Å². The van der Waals surface area contributed by atoms with Crippen LogP contribution in [0.3, 0.4) is 0 Å². The van der Waals surface area contributed by atoms with Crippen LogP contribution < -0.4 is 5.56 Å². The molecule has 0 atom stereocenters. The molecule has 5 rings (SSSR count). The summed E-state index contributed by atoms with van der Waals surface area (Å²) in [5.41, 5.74) is 5.55. The lowest BCUT2D eigenvalue weighted by atomic mass is 10.0. The van der Waals surface area contributed by atoms with E-state index in [1.807, 2.05) is 73.7 Å². The van der Waals surface area contributed by atoms with E-state index in [1.54, 1.807) is 6.20 Å². The molecular formula is C28H30N4O2Si. The molecule has 5 aromatic rings. The van der Waals surface area contributed by atoms with Crippen molar-refractivity contribution in [2.75, 3.05) is 6.61 Å². The third kappa shape index (κ3) is 4.69. The molecule has 2 aromatic carbocycles. The summed E-state index contributed by atoms with van der Waals surface area (Å²) in [6.45, 7) is 10.1. The summed E-state index contributed by atoms with van der Waals surface area (Å²) < 4.78 is 9.72. The molecule has 0 saturated carbocycles. The molecule has 0 aliphatic rings. The van der Waals surface area contributed by atoms with Crippen molar-refractivity contribution in [2.24, 2.45) is 0 Å². The van der Waals surface area contributed by atoms with Crippen LogP contribution in [0.5, 0.6) is 0 Å². The highest BCUT2D eigenvalue weighted by molar-refractivity contribution is 6.76. The topological polar surface area (TPSA) is 61.4 Å². The number of ether oxygens (including phenoxy) is 1. The summed E-state index contributed by atoms with van der Waals surface area (Å²) in [6.07, 6.45) is 1.78. The summed E-state index contributed by atoms with van der Waals surface area (Å²) >= 11 is 0. The second kappa shape index (κ2) is 9.24. The number of pyridine rings is 1. The molecule has 178 valence electrons. The largest absolute Gasteiger partial charge is 0.361 e. The van der Waals surface area contributed by atoms with Crippen molar-refractivity contribution in [1.29, 1.82) is 0 Å². The predicted octanol–water partition coefficient (Wildman–Crippen LogP) is 6.00. The van der Waals surface area contributed by atoms with Crippen LogP contribution in [0.1, 0.15) is 5.69 Å². The predicted molar refractivity (Wildman–Crippen MR) is 144 cm³/mol. The summed E-state index contributed by atoms with van der Waals surface area (Å²) in [7, 11) is -1.21. The third-order valence-electron chi connectivity index (χ3n) is 6.32. The van der Waals surface area contributed by atoms with Gasteiger partial charge >= 0.3 is 0 Å². The van der Waals surface area contributed by atoms with Crippen LogP contribution in [0.25, 0.3) is 38.9 Å². The zero-order chi connectivity index (χ0) is 24.6. The molecule has 0 saturated heterocycles. The first-order valence-corrected chi connectivity index (χ1v) is 15.6. The van der Waals surface area contributed by atoms with E-state index >= 15 is 0 Å². The highest BCUT2D eigenvalue weighted by Crippen LogP contribution is 2.27. The Bertz CT molecular complexity index is 1570. The summed E-state index contributed by atoms with van der Waals surface area (Å²) in [4.78, 5) is 18.2. The van der Waals surface area contributed by atoms with Crippen LogP contribution in [-0.4, -0.2) is 33.8 Å². The Hall–Kier alpha value is -3.55. The minimum atomic E-state index is -1.21. The first kappa shape index (κ1) is 23.2. The van der Waals surface area contributed by atoms with Gasteiger partial charge in [-0.15, -0.1) is 0 Å². The van der Waals surface area contributed by atoms with Crippen LogP contribution in [0.4, 0.5) is 0 Å². The van der Waals surface area contributed by atoms with Gasteiger partial charge in [0.25, 0.3) is 5.56 Å². The lowest BCUT2D eigenvalue weighted by Gasteiger charge is -2.19. The molecule has 6 nitrogen and oxygen atoms in total. The molecule has 0 fully saturated rings. The fraction of sp³-hybridized carbons (Fsp3) is 0.250. The van der Waals surface area contributed by atoms with Crippen LogP contribution in [0.2, 0.25) is 25.7 Å². The standard InChI is InChI=1S/C28H30N4O2Si/c1-20-27(23-12-13-24-22(17-23)11-8-14-29-24)28(33)32-26(31(20)19-34-15-16-35(2,3)4)18-25(30-32)21-9-6-5-7-10-21/h5-14,17-18H,15-16,19H2,1-4H3. The normalized spacial score (nSPS) is 12.0. The van der Waals surface area contributed by atoms with Crippen molar-refractivity contribution in [1.82, 2.24) is 19.2 Å². The molecule has 3 heterocycles. The van der Waals surface area contributed by atoms with E-state index in [-0.39, 0.29) is 5.56 Å². The average molecular weight is 483 g/mol. The van der Waals surface area contributed by atoms with Crippen molar-refractivity contribution in [3.05, 3.63) is 89.0 Å². The zero-order valence-corrected chi connectivity index (χ0v) is 21.7. The van der Waals surface area contributed by atoms with Gasteiger partial charge in [-0.2, -0.15) is 9.61 Å². The SMILES string of the molecule is Cc1c(-c2ccc3ncccc3c2)c(=O)n2nc(-c3ccccc3)cc2n1COCC[Si](C)(C)C. The molecule has 0 aliphatic carbocycles. The number of hydrogen-bond donors (Lipinski definition) is 0. The number of hydrogen-bond acceptors (Lipinski definition) is 4. The van der Waals surface area contributed by atoms with Gasteiger partial charge in [-0.3, -0.25) is 9.78 Å². The van der Waals surface area contributed by atoms with Crippen molar-refractivity contribution in [2.45, 2.75) is 39.3 Å². The molecule has 0 N–H and O–H groups in total. The van der Waals surface area contributed by atoms with Gasteiger partial charge in [-0.05, 0) is 36.7 Å². The first-order valence-electron chi connectivity index (χ1n) is 11.9. The van der Waals surface area contributed by atoms with Gasteiger partial charge in [-0.1, -0.05) is 62.1 Å². The van der Waals surface area contributed by atoms with E-state index in [9.17, 15) is 4.79 Å². The number of aromatic nitrogens is 4. The molecule has 0 radical (unpaired) electrons. The van der Waals surface area contributed by atoms with Gasteiger partial charge in [0.1, 0.15) is 12.4 Å². The quantitative estimate of drug-likeness (QED) is 0.211. The molecular weight excluding hydrogens is 452 g/mol. The van der Waals surface area contributed by atoms with Gasteiger partial charge in [0.2, 0.25) is 0 Å². The summed E-state index contributed by atoms with van der Waals surface area (Å²) in [5, 5.41) is 5.72. The van der Waals surface area contributed by atoms with Crippen molar-refractivity contribution >= 4 is 24.6 Å². The van der Waals surface area contributed by atoms with Crippen molar-refractivity contribution in [3.63, 3.8) is 0 Å². The molecule has 0 bridgehead atoms. The molecule has 7 heteroatoms. The van der Waals surface area contributed by atoms with Crippen LogP contribution in [-0.2, 0) is 11.5 Å². The summed E-state index contributed by atoms with van der Waals surface area (Å²) in [5.74, 6) is 0. The van der Waals surface area contributed by atoms with E-state index in [4.69, 9.17) is 9.84 Å². The van der Waals surface area contributed by atoms with Crippen LogP contribution in [0.15, 0.2) is 77.7 Å². The fourth-order valence-corrected chi connectivity index (χ4v) is 5.05. The molecule has 0 unspecified atom stereocenters. The number of nitrogens with zero attached hydrogens (tertiary/aromatic N) is 4. The van der Waals surface area contributed by atoms with Crippen molar-refractivity contribution < 1.29 is 4.74 Å². The second-order valence-electron chi connectivity index (χ2n) is 10.1. The monoisotopic (exact) mass is 482 g/mol. The van der Waals surface area contributed by atoms with E-state index in [1.165, 1.54) is 4.52 Å². The maximum absolute atomic E-state index is 13.8. The Morgan fingerprint density at radius 1 is 0.943 bits per heavy atom. The Morgan fingerprint density at radius 2 is 1.74 bits per heavy atom. The fourth-order valence-electron chi connectivity index (χ4n) is 4.29. The van der Waals surface area contributed by atoms with Gasteiger partial charge < -0.3 is 9.30 Å². The van der Waals surface area contributed by atoms with Crippen LogP contribution in [0, 0.1) is 6.92 Å². The molecule has 0 amide bonds. The average Bonchev–Trinajstić information content (AvgIpc) is 3.29. The van der Waals surface area contributed by atoms with Gasteiger partial charge in [0.15, 0.2) is 0 Å². The van der Waals surface area contributed by atoms with Gasteiger partial charge in [0.05, 0.1) is 16.8 Å². The molecule has 35 heavy (non-hydrogen) atoms. The van der Waals surface area contributed by atoms with Gasteiger partial charge in [0, 0.05) is 43.6 Å². The Labute approximate surface area is 205 Å². The van der Waals surface area contributed by atoms with E-state index in [0.717, 1.165) is 45.1 Å². The first-order chi connectivity index (χ1) is 16.8. The van der Waals surface area contributed by atoms with Crippen molar-refractivity contribution in [3.8, 4) is 22.4 Å². The van der Waals surface area contributed by atoms with E-state index in [0.29, 0.717) is 18.9 Å². The Balaban J connectivity index is 1.66. The third-order valence-corrected chi connectivity index (χ3v) is 8.02. The smallest absolute Gasteiger partial charge is 0.282 e. The number of rotatable bonds is 7. The Morgan fingerprint density at radius 3 is 2.51 bits per heavy atom. The minimum absolute atomic E-state index is 0.138. The van der Waals surface area contributed by atoms with E-state index in [2.05, 4.69) is 29.2 Å². The minimum Gasteiger partial charge on any atom is -0.361 e. The summed E-state index contributed by atoms with van der Waals surface area (Å²) in [6, 6.07) is 22.9. The second-order valence-corrected chi connectivity index (χ2v) is 15.7. The highest BCUT2D eigenvalue weighted by Gasteiger charge is 2.19. The number of benzene rings is 2.